The molecule has 3 N–H and O–H groups in total. The highest BCUT2D eigenvalue weighted by molar-refractivity contribution is 5.97. The summed E-state index contributed by atoms with van der Waals surface area (Å²) in [5.74, 6) is -0.306. The summed E-state index contributed by atoms with van der Waals surface area (Å²) < 4.78 is 16.2. The van der Waals surface area contributed by atoms with Gasteiger partial charge in [0, 0.05) is 6.08 Å². The molecule has 0 heterocycles. The number of carbonyl (C=O) groups is 3. The fourth-order valence-corrected chi connectivity index (χ4v) is 2.00. The minimum absolute atomic E-state index is 0.478. The van der Waals surface area contributed by atoms with E-state index in [9.17, 15) is 14.4 Å². The summed E-state index contributed by atoms with van der Waals surface area (Å²) in [6, 6.07) is 4.28. The van der Waals surface area contributed by atoms with Crippen molar-refractivity contribution in [3.05, 3.63) is 29.8 Å². The highest BCUT2D eigenvalue weighted by Crippen LogP contribution is 2.29. The summed E-state index contributed by atoms with van der Waals surface area (Å²) in [5, 5.41) is 1.84. The summed E-state index contributed by atoms with van der Waals surface area (Å²) in [6.45, 7) is 6.36. The number of urea groups is 1. The topological polar surface area (TPSA) is 117 Å². The largest absolute Gasteiger partial charge is 0.490 e. The normalized spacial score (nSPS) is 11.7. The fourth-order valence-electron chi connectivity index (χ4n) is 2.00. The average Bonchev–Trinajstić information content (AvgIpc) is 2.61. The number of hydrogen-bond donors (Lipinski definition) is 2. The minimum atomic E-state index is -1.15. The van der Waals surface area contributed by atoms with Gasteiger partial charge < -0.3 is 19.9 Å². The second-order valence-corrected chi connectivity index (χ2v) is 5.61. The van der Waals surface area contributed by atoms with Gasteiger partial charge in [-0.2, -0.15) is 0 Å². The van der Waals surface area contributed by atoms with Crippen molar-refractivity contribution >= 4 is 24.0 Å². The van der Waals surface area contributed by atoms with Crippen LogP contribution in [0.5, 0.6) is 11.5 Å². The van der Waals surface area contributed by atoms with E-state index in [1.807, 2.05) is 12.2 Å². The molecule has 0 saturated heterocycles. The monoisotopic (exact) mass is 378 g/mol. The number of carbonyl (C=O) groups excluding carboxylic acids is 3. The lowest BCUT2D eigenvalue weighted by atomic mass is 10.2. The van der Waals surface area contributed by atoms with Gasteiger partial charge in [-0.25, -0.2) is 9.59 Å². The first kappa shape index (κ1) is 22.0. The number of esters is 1. The minimum Gasteiger partial charge on any atom is -0.490 e. The van der Waals surface area contributed by atoms with Crippen LogP contribution in [-0.2, 0) is 14.3 Å². The molecule has 3 amide bonds. The van der Waals surface area contributed by atoms with Gasteiger partial charge >= 0.3 is 12.0 Å². The van der Waals surface area contributed by atoms with Crippen LogP contribution >= 0.6 is 0 Å². The van der Waals surface area contributed by atoms with Crippen molar-refractivity contribution in [3.63, 3.8) is 0 Å². The molecule has 0 aliphatic carbocycles. The van der Waals surface area contributed by atoms with Gasteiger partial charge in [0.25, 0.3) is 5.91 Å². The van der Waals surface area contributed by atoms with Gasteiger partial charge in [-0.3, -0.25) is 10.1 Å². The first-order valence-electron chi connectivity index (χ1n) is 8.76. The quantitative estimate of drug-likeness (QED) is 0.367. The lowest BCUT2D eigenvalue weighted by Crippen LogP contribution is -2.42. The predicted octanol–water partition coefficient (Wildman–Crippen LogP) is 2.40. The van der Waals surface area contributed by atoms with E-state index in [0.29, 0.717) is 30.3 Å². The predicted molar refractivity (Wildman–Crippen MR) is 100 cm³/mol. The number of ether oxygens (including phenoxy) is 3. The molecule has 0 aliphatic heterocycles. The number of amides is 3. The molecule has 0 aliphatic rings. The molecule has 0 aromatic heterocycles. The first-order valence-corrected chi connectivity index (χ1v) is 8.76. The summed E-state index contributed by atoms with van der Waals surface area (Å²) in [5.41, 5.74) is 5.54. The van der Waals surface area contributed by atoms with Crippen molar-refractivity contribution in [3.8, 4) is 11.5 Å². The lowest BCUT2D eigenvalue weighted by molar-refractivity contribution is -0.149. The third-order valence-corrected chi connectivity index (χ3v) is 3.34. The van der Waals surface area contributed by atoms with E-state index in [2.05, 4.69) is 6.92 Å². The molecule has 0 radical (unpaired) electrons. The summed E-state index contributed by atoms with van der Waals surface area (Å²) >= 11 is 0. The van der Waals surface area contributed by atoms with Crippen molar-refractivity contribution in [2.45, 2.75) is 39.7 Å². The number of rotatable bonds is 10. The molecule has 1 rings (SSSR count). The van der Waals surface area contributed by atoms with Crippen LogP contribution in [-0.4, -0.2) is 37.2 Å². The van der Waals surface area contributed by atoms with Crippen LogP contribution in [0, 0.1) is 0 Å². The molecule has 0 spiro atoms. The van der Waals surface area contributed by atoms with Crippen LogP contribution in [0.25, 0.3) is 6.08 Å². The number of primary amides is 1. The van der Waals surface area contributed by atoms with Crippen LogP contribution in [0.3, 0.4) is 0 Å². The van der Waals surface area contributed by atoms with Crippen molar-refractivity contribution in [2.75, 3.05) is 13.2 Å². The zero-order valence-corrected chi connectivity index (χ0v) is 15.8. The van der Waals surface area contributed by atoms with Crippen molar-refractivity contribution < 1.29 is 28.6 Å². The second kappa shape index (κ2) is 11.6. The number of imide groups is 1. The van der Waals surface area contributed by atoms with Gasteiger partial charge in [-0.15, -0.1) is 0 Å². The van der Waals surface area contributed by atoms with Gasteiger partial charge in [0.2, 0.25) is 0 Å². The maximum Gasteiger partial charge on any atom is 0.331 e. The molecule has 0 bridgehead atoms. The Morgan fingerprint density at radius 1 is 1.19 bits per heavy atom. The molecular weight excluding hydrogens is 352 g/mol. The van der Waals surface area contributed by atoms with Crippen molar-refractivity contribution in [2.24, 2.45) is 5.73 Å². The molecule has 148 valence electrons. The SMILES string of the molecule is CCCCOc1ccc(/C=C/C(=O)O[C@H](C)C(=O)NC(N)=O)cc1OCC. The summed E-state index contributed by atoms with van der Waals surface area (Å²) in [6.07, 6.45) is 3.53. The summed E-state index contributed by atoms with van der Waals surface area (Å²) in [7, 11) is 0. The van der Waals surface area contributed by atoms with E-state index < -0.39 is 24.0 Å². The van der Waals surface area contributed by atoms with Crippen molar-refractivity contribution in [1.29, 1.82) is 0 Å². The molecule has 1 aromatic rings. The molecule has 8 nitrogen and oxygen atoms in total. The zero-order chi connectivity index (χ0) is 20.2. The Hall–Kier alpha value is -3.03. The van der Waals surface area contributed by atoms with E-state index in [1.165, 1.54) is 19.1 Å². The van der Waals surface area contributed by atoms with E-state index >= 15 is 0 Å². The maximum atomic E-state index is 11.8. The smallest absolute Gasteiger partial charge is 0.331 e. The molecule has 0 saturated carbocycles. The van der Waals surface area contributed by atoms with Gasteiger partial charge in [-0.1, -0.05) is 19.4 Å². The zero-order valence-electron chi connectivity index (χ0n) is 15.8. The van der Waals surface area contributed by atoms with Gasteiger partial charge in [0.1, 0.15) is 0 Å². The van der Waals surface area contributed by atoms with Gasteiger partial charge in [0.05, 0.1) is 13.2 Å². The molecule has 1 aromatic carbocycles. The number of unbranched alkanes of at least 4 members (excludes halogenated alkanes) is 1. The number of hydrogen-bond acceptors (Lipinski definition) is 6. The van der Waals surface area contributed by atoms with E-state index in [-0.39, 0.29) is 0 Å². The maximum absolute atomic E-state index is 11.8. The standard InChI is InChI=1S/C19H26N2O6/c1-4-6-11-26-15-9-7-14(12-16(15)25-5-2)8-10-17(22)27-13(3)18(23)21-19(20)24/h7-10,12-13H,4-6,11H2,1-3H3,(H3,20,21,23,24)/b10-8+/t13-/m1/s1. The van der Waals surface area contributed by atoms with E-state index in [4.69, 9.17) is 19.9 Å². The molecule has 27 heavy (non-hydrogen) atoms. The highest BCUT2D eigenvalue weighted by atomic mass is 16.5. The average molecular weight is 378 g/mol. The number of nitrogens with one attached hydrogen (secondary N) is 1. The Morgan fingerprint density at radius 2 is 1.93 bits per heavy atom. The Balaban J connectivity index is 2.73. The van der Waals surface area contributed by atoms with Gasteiger partial charge in [-0.05, 0) is 44.0 Å². The molecular formula is C19H26N2O6. The first-order chi connectivity index (χ1) is 12.9. The van der Waals surface area contributed by atoms with Gasteiger partial charge in [0.15, 0.2) is 17.6 Å². The lowest BCUT2D eigenvalue weighted by Gasteiger charge is -2.12. The second-order valence-electron chi connectivity index (χ2n) is 5.61. The molecule has 0 fully saturated rings. The Kier molecular flexibility index (Phi) is 9.42. The Morgan fingerprint density at radius 3 is 2.56 bits per heavy atom. The number of benzene rings is 1. The Labute approximate surface area is 158 Å². The van der Waals surface area contributed by atoms with E-state index in [0.717, 1.165) is 12.8 Å². The van der Waals surface area contributed by atoms with Crippen LogP contribution in [0.1, 0.15) is 39.2 Å². The molecule has 0 unspecified atom stereocenters. The highest BCUT2D eigenvalue weighted by Gasteiger charge is 2.17. The van der Waals surface area contributed by atoms with E-state index in [1.54, 1.807) is 18.2 Å². The fraction of sp³-hybridized carbons (Fsp3) is 0.421. The Bertz CT molecular complexity index is 687. The van der Waals surface area contributed by atoms with Crippen LogP contribution in [0.4, 0.5) is 4.79 Å². The van der Waals surface area contributed by atoms with Crippen LogP contribution in [0.2, 0.25) is 0 Å². The third-order valence-electron chi connectivity index (χ3n) is 3.34. The third kappa shape index (κ3) is 8.26. The van der Waals surface area contributed by atoms with Crippen LogP contribution < -0.4 is 20.5 Å². The number of nitrogens with two attached hydrogens (primary N) is 1. The summed E-state index contributed by atoms with van der Waals surface area (Å²) in [4.78, 5) is 33.9. The van der Waals surface area contributed by atoms with Crippen LogP contribution in [0.15, 0.2) is 24.3 Å². The molecule has 8 heteroatoms. The van der Waals surface area contributed by atoms with Crippen molar-refractivity contribution in [1.82, 2.24) is 5.32 Å². The molecule has 1 atom stereocenters.